The molecule has 0 aliphatic carbocycles. The highest BCUT2D eigenvalue weighted by Gasteiger charge is 2.17. The van der Waals surface area contributed by atoms with Crippen LogP contribution in [-0.2, 0) is 12.3 Å². The van der Waals surface area contributed by atoms with Gasteiger partial charge in [0, 0.05) is 33.8 Å². The number of halogens is 2. The number of allylic oxidation sites excluding steroid dienone is 1. The van der Waals surface area contributed by atoms with Gasteiger partial charge in [-0.15, -0.1) is 28.1 Å². The van der Waals surface area contributed by atoms with Gasteiger partial charge < -0.3 is 0 Å². The number of aromatic nitrogens is 4. The summed E-state index contributed by atoms with van der Waals surface area (Å²) < 4.78 is 2.00. The third kappa shape index (κ3) is 4.62. The van der Waals surface area contributed by atoms with Crippen molar-refractivity contribution >= 4 is 46.3 Å². The van der Waals surface area contributed by atoms with Crippen molar-refractivity contribution in [2.24, 2.45) is 0 Å². The van der Waals surface area contributed by atoms with Gasteiger partial charge in [-0.3, -0.25) is 4.57 Å². The van der Waals surface area contributed by atoms with Crippen molar-refractivity contribution in [2.75, 3.05) is 0 Å². The quantitative estimate of drug-likeness (QED) is 0.211. The normalized spacial score (nSPS) is 11.0. The van der Waals surface area contributed by atoms with Crippen molar-refractivity contribution in [2.45, 2.75) is 24.4 Å². The molecule has 2 aromatic carbocycles. The summed E-state index contributed by atoms with van der Waals surface area (Å²) >= 11 is 15.7. The van der Waals surface area contributed by atoms with Gasteiger partial charge in [-0.05, 0) is 25.1 Å². The highest BCUT2D eigenvalue weighted by molar-refractivity contribution is 7.98. The van der Waals surface area contributed by atoms with Crippen LogP contribution in [0.3, 0.4) is 0 Å². The first-order valence-corrected chi connectivity index (χ1v) is 11.8. The lowest BCUT2D eigenvalue weighted by atomic mass is 10.2. The molecule has 0 radical (unpaired) electrons. The molecule has 0 saturated carbocycles. The Hall–Kier alpha value is -2.12. The summed E-state index contributed by atoms with van der Waals surface area (Å²) in [6, 6.07) is 13.8. The smallest absolute Gasteiger partial charge is 0.192 e. The number of hydrogen-bond acceptors (Lipinski definition) is 5. The van der Waals surface area contributed by atoms with Crippen LogP contribution >= 0.6 is 46.3 Å². The Morgan fingerprint density at radius 1 is 1.13 bits per heavy atom. The van der Waals surface area contributed by atoms with Gasteiger partial charge in [-0.25, -0.2) is 4.98 Å². The van der Waals surface area contributed by atoms with E-state index in [2.05, 4.69) is 53.3 Å². The van der Waals surface area contributed by atoms with E-state index >= 15 is 0 Å². The SMILES string of the molecule is C=CCn1c(SCc2csc(-c3ccc(C)cc3)n2)nnc1-c1ccc(Cl)cc1Cl. The van der Waals surface area contributed by atoms with Crippen LogP contribution in [-0.4, -0.2) is 19.7 Å². The molecule has 0 atom stereocenters. The molecular formula is C22H18Cl2N4S2. The van der Waals surface area contributed by atoms with E-state index in [1.807, 2.05) is 16.7 Å². The molecule has 2 aromatic heterocycles. The highest BCUT2D eigenvalue weighted by Crippen LogP contribution is 2.33. The minimum absolute atomic E-state index is 0.541. The third-order valence-corrected chi connectivity index (χ3v) is 6.89. The molecule has 152 valence electrons. The lowest BCUT2D eigenvalue weighted by molar-refractivity contribution is 0.731. The fourth-order valence-corrected chi connectivity index (χ4v) is 5.16. The highest BCUT2D eigenvalue weighted by atomic mass is 35.5. The van der Waals surface area contributed by atoms with Gasteiger partial charge in [0.15, 0.2) is 11.0 Å². The van der Waals surface area contributed by atoms with Crippen molar-refractivity contribution in [3.8, 4) is 22.0 Å². The van der Waals surface area contributed by atoms with E-state index in [0.717, 1.165) is 27.0 Å². The molecule has 4 rings (SSSR count). The molecule has 0 aliphatic rings. The number of aryl methyl sites for hydroxylation is 1. The van der Waals surface area contributed by atoms with Crippen molar-refractivity contribution in [3.05, 3.63) is 81.8 Å². The molecule has 0 spiro atoms. The molecule has 0 bridgehead atoms. The Kier molecular flexibility index (Phi) is 6.58. The first kappa shape index (κ1) is 21.1. The molecule has 2 heterocycles. The van der Waals surface area contributed by atoms with Gasteiger partial charge in [-0.1, -0.05) is 70.9 Å². The average Bonchev–Trinajstić information content (AvgIpc) is 3.35. The van der Waals surface area contributed by atoms with Crippen LogP contribution in [0, 0.1) is 6.92 Å². The molecule has 0 saturated heterocycles. The van der Waals surface area contributed by atoms with Gasteiger partial charge in [0.05, 0.1) is 10.7 Å². The zero-order valence-corrected chi connectivity index (χ0v) is 19.3. The zero-order valence-electron chi connectivity index (χ0n) is 16.2. The molecular weight excluding hydrogens is 455 g/mol. The van der Waals surface area contributed by atoms with E-state index < -0.39 is 0 Å². The number of thiazole rings is 1. The number of thioether (sulfide) groups is 1. The molecule has 0 unspecified atom stereocenters. The second-order valence-corrected chi connectivity index (χ2v) is 9.27. The minimum atomic E-state index is 0.541. The summed E-state index contributed by atoms with van der Waals surface area (Å²) in [7, 11) is 0. The van der Waals surface area contributed by atoms with E-state index in [0.29, 0.717) is 28.2 Å². The van der Waals surface area contributed by atoms with Crippen LogP contribution in [0.4, 0.5) is 0 Å². The number of nitrogens with zero attached hydrogens (tertiary/aromatic N) is 4. The molecule has 0 amide bonds. The topological polar surface area (TPSA) is 43.6 Å². The van der Waals surface area contributed by atoms with Crippen LogP contribution < -0.4 is 0 Å². The van der Waals surface area contributed by atoms with Gasteiger partial charge in [-0.2, -0.15) is 0 Å². The lowest BCUT2D eigenvalue weighted by Crippen LogP contribution is -2.01. The predicted molar refractivity (Wildman–Crippen MR) is 128 cm³/mol. The van der Waals surface area contributed by atoms with Crippen LogP contribution in [0.5, 0.6) is 0 Å². The Morgan fingerprint density at radius 3 is 2.67 bits per heavy atom. The van der Waals surface area contributed by atoms with Crippen molar-refractivity contribution in [3.63, 3.8) is 0 Å². The molecule has 0 fully saturated rings. The largest absolute Gasteiger partial charge is 0.298 e. The molecule has 8 heteroatoms. The van der Waals surface area contributed by atoms with Gasteiger partial charge in [0.1, 0.15) is 5.01 Å². The second kappa shape index (κ2) is 9.35. The lowest BCUT2D eigenvalue weighted by Gasteiger charge is -2.08. The predicted octanol–water partition coefficient (Wildman–Crippen LogP) is 7.16. The number of benzene rings is 2. The first-order chi connectivity index (χ1) is 14.5. The minimum Gasteiger partial charge on any atom is -0.298 e. The number of rotatable bonds is 7. The van der Waals surface area contributed by atoms with E-state index in [-0.39, 0.29) is 0 Å². The van der Waals surface area contributed by atoms with Gasteiger partial charge in [0.2, 0.25) is 0 Å². The molecule has 0 N–H and O–H groups in total. The van der Waals surface area contributed by atoms with Crippen LogP contribution in [0.1, 0.15) is 11.3 Å². The summed E-state index contributed by atoms with van der Waals surface area (Å²) in [6.45, 7) is 6.52. The van der Waals surface area contributed by atoms with Crippen molar-refractivity contribution in [1.82, 2.24) is 19.7 Å². The fraction of sp³-hybridized carbons (Fsp3) is 0.136. The fourth-order valence-electron chi connectivity index (χ4n) is 2.90. The van der Waals surface area contributed by atoms with Gasteiger partial charge in [0.25, 0.3) is 0 Å². The summed E-state index contributed by atoms with van der Waals surface area (Å²) in [5.74, 6) is 1.39. The Labute approximate surface area is 193 Å². The van der Waals surface area contributed by atoms with E-state index in [1.165, 1.54) is 5.56 Å². The molecule has 4 nitrogen and oxygen atoms in total. The van der Waals surface area contributed by atoms with E-state index in [4.69, 9.17) is 28.2 Å². The van der Waals surface area contributed by atoms with Crippen molar-refractivity contribution in [1.29, 1.82) is 0 Å². The molecule has 30 heavy (non-hydrogen) atoms. The van der Waals surface area contributed by atoms with E-state index in [1.54, 1.807) is 35.2 Å². The van der Waals surface area contributed by atoms with E-state index in [9.17, 15) is 0 Å². The Morgan fingerprint density at radius 2 is 1.93 bits per heavy atom. The van der Waals surface area contributed by atoms with Gasteiger partial charge >= 0.3 is 0 Å². The van der Waals surface area contributed by atoms with Crippen LogP contribution in [0.15, 0.2) is 65.7 Å². The van der Waals surface area contributed by atoms with Crippen molar-refractivity contribution < 1.29 is 0 Å². The second-order valence-electron chi connectivity index (χ2n) is 6.63. The zero-order chi connectivity index (χ0) is 21.1. The maximum absolute atomic E-state index is 6.38. The maximum atomic E-state index is 6.38. The molecule has 0 aliphatic heterocycles. The summed E-state index contributed by atoms with van der Waals surface area (Å²) in [5, 5.41) is 13.8. The Balaban J connectivity index is 1.54. The first-order valence-electron chi connectivity index (χ1n) is 9.19. The van der Waals surface area contributed by atoms with Crippen LogP contribution in [0.2, 0.25) is 10.0 Å². The maximum Gasteiger partial charge on any atom is 0.192 e. The van der Waals surface area contributed by atoms with Crippen LogP contribution in [0.25, 0.3) is 22.0 Å². The average molecular weight is 473 g/mol. The summed E-state index contributed by atoms with van der Waals surface area (Å²) in [6.07, 6.45) is 1.82. The third-order valence-electron chi connectivity index (χ3n) is 4.40. The number of hydrogen-bond donors (Lipinski definition) is 0. The Bertz CT molecular complexity index is 1180. The monoisotopic (exact) mass is 472 g/mol. The summed E-state index contributed by atoms with van der Waals surface area (Å²) in [5.41, 5.74) is 4.18. The summed E-state index contributed by atoms with van der Waals surface area (Å²) in [4.78, 5) is 4.77. The molecule has 4 aromatic rings. The standard InChI is InChI=1S/C22H18Cl2N4S2/c1-3-10-28-20(18-9-8-16(23)11-19(18)24)26-27-22(28)30-13-17-12-29-21(25-17)15-6-4-14(2)5-7-15/h3-9,11-12H,1,10,13H2,2H3.